The van der Waals surface area contributed by atoms with Gasteiger partial charge in [-0.25, -0.2) is 9.50 Å². The maximum atomic E-state index is 12.3. The Bertz CT molecular complexity index is 855. The van der Waals surface area contributed by atoms with Crippen molar-refractivity contribution in [3.63, 3.8) is 0 Å². The van der Waals surface area contributed by atoms with Gasteiger partial charge < -0.3 is 10.2 Å². The van der Waals surface area contributed by atoms with Crippen LogP contribution in [0.5, 0.6) is 0 Å². The first-order valence-electron chi connectivity index (χ1n) is 7.51. The molecule has 3 aromatic heterocycles. The number of pyridine rings is 1. The molecular weight excluding hydrogens is 292 g/mol. The summed E-state index contributed by atoms with van der Waals surface area (Å²) in [5.41, 5.74) is 1.97. The summed E-state index contributed by atoms with van der Waals surface area (Å²) in [7, 11) is 1.91. The van der Waals surface area contributed by atoms with Gasteiger partial charge in [0.15, 0.2) is 5.65 Å². The van der Waals surface area contributed by atoms with Gasteiger partial charge >= 0.3 is 0 Å². The first kappa shape index (κ1) is 13.7. The number of carbonyl (C=O) groups excluding carboxylic acids is 1. The van der Waals surface area contributed by atoms with Crippen molar-refractivity contribution < 1.29 is 4.79 Å². The van der Waals surface area contributed by atoms with Crippen LogP contribution in [0.2, 0.25) is 0 Å². The lowest BCUT2D eigenvalue weighted by atomic mass is 10.3. The molecule has 0 radical (unpaired) electrons. The fraction of sp³-hybridized carbons (Fsp3) is 0.250. The molecule has 0 saturated heterocycles. The van der Waals surface area contributed by atoms with Crippen molar-refractivity contribution in [2.45, 2.75) is 18.9 Å². The van der Waals surface area contributed by atoms with Crippen LogP contribution in [0.15, 0.2) is 43.0 Å². The molecule has 0 bridgehead atoms. The molecule has 1 N–H and O–H groups in total. The van der Waals surface area contributed by atoms with Gasteiger partial charge in [0.1, 0.15) is 11.4 Å². The normalized spacial score (nSPS) is 14.0. The lowest BCUT2D eigenvalue weighted by Crippen LogP contribution is -2.25. The number of hydrogen-bond donors (Lipinski definition) is 1. The number of nitrogens with one attached hydrogen (secondary N) is 1. The van der Waals surface area contributed by atoms with Crippen molar-refractivity contribution in [1.29, 1.82) is 0 Å². The van der Waals surface area contributed by atoms with Crippen LogP contribution >= 0.6 is 0 Å². The molecule has 1 fully saturated rings. The molecule has 7 nitrogen and oxygen atoms in total. The fourth-order valence-corrected chi connectivity index (χ4v) is 2.38. The van der Waals surface area contributed by atoms with Gasteiger partial charge in [0.2, 0.25) is 0 Å². The largest absolute Gasteiger partial charge is 0.349 e. The van der Waals surface area contributed by atoms with Crippen LogP contribution < -0.4 is 10.2 Å². The van der Waals surface area contributed by atoms with Crippen molar-refractivity contribution in [3.05, 3.63) is 48.5 Å². The van der Waals surface area contributed by atoms with Crippen molar-refractivity contribution in [1.82, 2.24) is 24.9 Å². The molecule has 0 unspecified atom stereocenters. The minimum absolute atomic E-state index is 0.115. The maximum Gasteiger partial charge on any atom is 0.256 e. The molecule has 0 aromatic carbocycles. The Morgan fingerprint density at radius 2 is 2.22 bits per heavy atom. The van der Waals surface area contributed by atoms with E-state index in [2.05, 4.69) is 20.4 Å². The smallest absolute Gasteiger partial charge is 0.256 e. The van der Waals surface area contributed by atoms with Crippen molar-refractivity contribution >= 4 is 23.1 Å². The van der Waals surface area contributed by atoms with Crippen LogP contribution in [0, 0.1) is 0 Å². The van der Waals surface area contributed by atoms with Crippen LogP contribution in [0.4, 0.5) is 11.5 Å². The number of rotatable bonds is 4. The second-order valence-corrected chi connectivity index (χ2v) is 5.63. The number of hydrogen-bond acceptors (Lipinski definition) is 5. The van der Waals surface area contributed by atoms with E-state index >= 15 is 0 Å². The van der Waals surface area contributed by atoms with E-state index in [1.54, 1.807) is 29.3 Å². The Hall–Kier alpha value is -2.96. The van der Waals surface area contributed by atoms with Gasteiger partial charge in [-0.05, 0) is 31.0 Å². The van der Waals surface area contributed by atoms with E-state index < -0.39 is 0 Å². The van der Waals surface area contributed by atoms with Gasteiger partial charge in [-0.1, -0.05) is 0 Å². The molecule has 1 aliphatic carbocycles. The summed E-state index contributed by atoms with van der Waals surface area (Å²) < 4.78 is 1.61. The molecule has 1 amide bonds. The number of anilines is 2. The third kappa shape index (κ3) is 2.61. The molecule has 4 rings (SSSR count). The van der Waals surface area contributed by atoms with Crippen molar-refractivity contribution in [3.8, 4) is 0 Å². The quantitative estimate of drug-likeness (QED) is 0.795. The predicted molar refractivity (Wildman–Crippen MR) is 85.8 cm³/mol. The summed E-state index contributed by atoms with van der Waals surface area (Å²) in [4.78, 5) is 22.9. The van der Waals surface area contributed by atoms with Gasteiger partial charge in [0.25, 0.3) is 5.91 Å². The summed E-state index contributed by atoms with van der Waals surface area (Å²) >= 11 is 0. The minimum Gasteiger partial charge on any atom is -0.349 e. The highest BCUT2D eigenvalue weighted by molar-refractivity contribution is 6.00. The summed E-state index contributed by atoms with van der Waals surface area (Å²) in [5.74, 6) is 0.614. The highest BCUT2D eigenvalue weighted by atomic mass is 16.1. The molecule has 7 heteroatoms. The molecule has 23 heavy (non-hydrogen) atoms. The zero-order valence-corrected chi connectivity index (χ0v) is 12.7. The van der Waals surface area contributed by atoms with Crippen molar-refractivity contribution in [2.75, 3.05) is 11.9 Å². The molecule has 116 valence electrons. The van der Waals surface area contributed by atoms with E-state index in [9.17, 15) is 4.79 Å². The number of aromatic nitrogens is 4. The van der Waals surface area contributed by atoms with Gasteiger partial charge in [-0.15, -0.1) is 0 Å². The summed E-state index contributed by atoms with van der Waals surface area (Å²) in [6.45, 7) is 0. The molecule has 1 aliphatic rings. The van der Waals surface area contributed by atoms with Crippen LogP contribution in [0.3, 0.4) is 0 Å². The second kappa shape index (κ2) is 5.35. The van der Waals surface area contributed by atoms with Gasteiger partial charge in [-0.2, -0.15) is 5.10 Å². The van der Waals surface area contributed by atoms with Gasteiger partial charge in [0.05, 0.1) is 18.1 Å². The second-order valence-electron chi connectivity index (χ2n) is 5.63. The Labute approximate surface area is 133 Å². The summed E-state index contributed by atoms with van der Waals surface area (Å²) in [6, 6.07) is 5.99. The number of nitrogens with zero attached hydrogens (tertiary/aromatic N) is 5. The molecular formula is C16H16N6O. The highest BCUT2D eigenvalue weighted by Crippen LogP contribution is 2.23. The van der Waals surface area contributed by atoms with Crippen LogP contribution in [0.25, 0.3) is 5.65 Å². The third-order valence-electron chi connectivity index (χ3n) is 3.89. The van der Waals surface area contributed by atoms with Gasteiger partial charge in [0, 0.05) is 25.5 Å². The van der Waals surface area contributed by atoms with E-state index in [-0.39, 0.29) is 5.91 Å². The lowest BCUT2D eigenvalue weighted by molar-refractivity contribution is 0.0952. The lowest BCUT2D eigenvalue weighted by Gasteiger charge is -2.17. The van der Waals surface area contributed by atoms with Crippen molar-refractivity contribution in [2.24, 2.45) is 0 Å². The van der Waals surface area contributed by atoms with Gasteiger partial charge in [-0.3, -0.25) is 9.78 Å². The first-order valence-corrected chi connectivity index (χ1v) is 7.51. The topological polar surface area (TPSA) is 75.4 Å². The van der Waals surface area contributed by atoms with E-state index in [4.69, 9.17) is 0 Å². The Morgan fingerprint density at radius 3 is 2.96 bits per heavy atom. The Balaban J connectivity index is 1.70. The van der Waals surface area contributed by atoms with E-state index in [1.165, 1.54) is 0 Å². The van der Waals surface area contributed by atoms with E-state index in [1.807, 2.05) is 30.1 Å². The standard InChI is InChI=1S/C16H16N6O/c1-21(12-3-2-7-17-9-12)14-6-8-22-15(20-14)13(10-18-22)16(23)19-11-4-5-11/h2-3,6-11H,4-5H2,1H3,(H,19,23). The molecule has 3 heterocycles. The molecule has 0 aliphatic heterocycles. The summed E-state index contributed by atoms with van der Waals surface area (Å²) in [5, 5.41) is 7.18. The SMILES string of the molecule is CN(c1cccnc1)c1ccn2ncc(C(=O)NC3CC3)c2n1. The average Bonchev–Trinajstić information content (AvgIpc) is 3.30. The Kier molecular flexibility index (Phi) is 3.18. The number of amides is 1. The fourth-order valence-electron chi connectivity index (χ4n) is 2.38. The van der Waals surface area contributed by atoms with E-state index in [0.29, 0.717) is 17.3 Å². The van der Waals surface area contributed by atoms with Crippen LogP contribution in [0.1, 0.15) is 23.2 Å². The average molecular weight is 308 g/mol. The first-order chi connectivity index (χ1) is 11.2. The number of carbonyl (C=O) groups is 1. The summed E-state index contributed by atoms with van der Waals surface area (Å²) in [6.07, 6.45) is 8.96. The maximum absolute atomic E-state index is 12.3. The van der Waals surface area contributed by atoms with Crippen LogP contribution in [-0.2, 0) is 0 Å². The van der Waals surface area contributed by atoms with E-state index in [0.717, 1.165) is 24.3 Å². The Morgan fingerprint density at radius 1 is 1.35 bits per heavy atom. The predicted octanol–water partition coefficient (Wildman–Crippen LogP) is 1.78. The van der Waals surface area contributed by atoms with Crippen LogP contribution in [-0.4, -0.2) is 38.6 Å². The zero-order valence-electron chi connectivity index (χ0n) is 12.7. The highest BCUT2D eigenvalue weighted by Gasteiger charge is 2.25. The zero-order chi connectivity index (χ0) is 15.8. The molecule has 0 atom stereocenters. The minimum atomic E-state index is -0.115. The monoisotopic (exact) mass is 308 g/mol. The molecule has 1 saturated carbocycles. The third-order valence-corrected chi connectivity index (χ3v) is 3.89. The number of fused-ring (bicyclic) bond motifs is 1. The molecule has 0 spiro atoms. The molecule has 3 aromatic rings.